The number of nitrogens with zero attached hydrogens (tertiary/aromatic N) is 1. The van der Waals surface area contributed by atoms with Crippen LogP contribution in [0.25, 0.3) is 0 Å². The van der Waals surface area contributed by atoms with E-state index in [-0.39, 0.29) is 0 Å². The molecule has 0 amide bonds. The van der Waals surface area contributed by atoms with Gasteiger partial charge >= 0.3 is 0 Å². The van der Waals surface area contributed by atoms with Crippen molar-refractivity contribution in [3.8, 4) is 0 Å². The maximum absolute atomic E-state index is 5.86. The normalized spacial score (nSPS) is 34.3. The molecule has 1 aliphatic heterocycles. The summed E-state index contributed by atoms with van der Waals surface area (Å²) in [5, 5.41) is 3.66. The predicted molar refractivity (Wildman–Crippen MR) is 89.7 cm³/mol. The first-order chi connectivity index (χ1) is 10.2. The van der Waals surface area contributed by atoms with Gasteiger partial charge in [-0.25, -0.2) is 0 Å². The summed E-state index contributed by atoms with van der Waals surface area (Å²) in [5.41, 5.74) is 0.333. The Labute approximate surface area is 131 Å². The Morgan fingerprint density at radius 3 is 2.71 bits per heavy atom. The average molecular weight is 296 g/mol. The molecule has 21 heavy (non-hydrogen) atoms. The van der Waals surface area contributed by atoms with Crippen LogP contribution in [0.3, 0.4) is 0 Å². The van der Waals surface area contributed by atoms with E-state index in [0.717, 1.165) is 38.3 Å². The minimum atomic E-state index is 0.333. The van der Waals surface area contributed by atoms with Crippen LogP contribution in [-0.4, -0.2) is 50.8 Å². The number of ether oxygens (including phenoxy) is 1. The van der Waals surface area contributed by atoms with E-state index in [1.807, 2.05) is 0 Å². The molecule has 2 aliphatic rings. The van der Waals surface area contributed by atoms with Crippen LogP contribution in [-0.2, 0) is 4.74 Å². The van der Waals surface area contributed by atoms with Crippen molar-refractivity contribution in [2.75, 3.05) is 39.9 Å². The zero-order valence-corrected chi connectivity index (χ0v) is 14.5. The van der Waals surface area contributed by atoms with Crippen molar-refractivity contribution in [1.29, 1.82) is 0 Å². The van der Waals surface area contributed by atoms with Crippen molar-refractivity contribution in [2.24, 2.45) is 11.3 Å². The second-order valence-corrected chi connectivity index (χ2v) is 7.58. The molecule has 0 aromatic rings. The third-order valence-corrected chi connectivity index (χ3v) is 5.55. The molecule has 1 heterocycles. The summed E-state index contributed by atoms with van der Waals surface area (Å²) >= 11 is 0. The van der Waals surface area contributed by atoms with E-state index in [2.05, 4.69) is 31.1 Å². The van der Waals surface area contributed by atoms with Crippen LogP contribution in [0, 0.1) is 11.3 Å². The summed E-state index contributed by atoms with van der Waals surface area (Å²) in [6.45, 7) is 10.0. The quantitative estimate of drug-likeness (QED) is 0.730. The fourth-order valence-corrected chi connectivity index (χ4v) is 4.36. The minimum Gasteiger partial charge on any atom is -0.381 e. The smallest absolute Gasteiger partial charge is 0.0546 e. The van der Waals surface area contributed by atoms with Gasteiger partial charge in [0.05, 0.1) is 6.61 Å². The van der Waals surface area contributed by atoms with Crippen molar-refractivity contribution in [3.63, 3.8) is 0 Å². The topological polar surface area (TPSA) is 24.5 Å². The largest absolute Gasteiger partial charge is 0.381 e. The summed E-state index contributed by atoms with van der Waals surface area (Å²) in [7, 11) is 2.35. The lowest BCUT2D eigenvalue weighted by Gasteiger charge is -2.44. The fraction of sp³-hybridized carbons (Fsp3) is 1.00. The standard InChI is InChI=1S/C18H36N2O/c1-4-11-19-13-18(10-7-12-21-15-18)14-20(3)17-9-6-5-8-16(17)2/h16-17,19H,4-15H2,1-3H3. The number of hydrogen-bond donors (Lipinski definition) is 1. The second-order valence-electron chi connectivity index (χ2n) is 7.58. The third kappa shape index (κ3) is 4.94. The minimum absolute atomic E-state index is 0.333. The highest BCUT2D eigenvalue weighted by Gasteiger charge is 2.36. The van der Waals surface area contributed by atoms with Crippen LogP contribution in [0.15, 0.2) is 0 Å². The van der Waals surface area contributed by atoms with Crippen LogP contribution in [0.5, 0.6) is 0 Å². The van der Waals surface area contributed by atoms with Crippen LogP contribution < -0.4 is 5.32 Å². The Kier molecular flexibility index (Phi) is 6.97. The molecule has 0 bridgehead atoms. The Morgan fingerprint density at radius 1 is 1.24 bits per heavy atom. The molecule has 0 spiro atoms. The lowest BCUT2D eigenvalue weighted by atomic mass is 9.79. The van der Waals surface area contributed by atoms with E-state index < -0.39 is 0 Å². The van der Waals surface area contributed by atoms with Crippen LogP contribution in [0.4, 0.5) is 0 Å². The Balaban J connectivity index is 1.93. The van der Waals surface area contributed by atoms with Crippen LogP contribution in [0.1, 0.15) is 58.8 Å². The number of rotatable bonds is 7. The molecule has 124 valence electrons. The lowest BCUT2D eigenvalue weighted by Crippen LogP contribution is -2.51. The fourth-order valence-electron chi connectivity index (χ4n) is 4.36. The monoisotopic (exact) mass is 296 g/mol. The molecule has 1 N–H and O–H groups in total. The van der Waals surface area contributed by atoms with Crippen LogP contribution in [0.2, 0.25) is 0 Å². The van der Waals surface area contributed by atoms with E-state index in [0.29, 0.717) is 5.41 Å². The van der Waals surface area contributed by atoms with Crippen molar-refractivity contribution in [1.82, 2.24) is 10.2 Å². The van der Waals surface area contributed by atoms with Crippen molar-refractivity contribution in [2.45, 2.75) is 64.8 Å². The van der Waals surface area contributed by atoms with Gasteiger partial charge in [-0.15, -0.1) is 0 Å². The highest BCUT2D eigenvalue weighted by atomic mass is 16.5. The first-order valence-electron chi connectivity index (χ1n) is 9.15. The molecule has 0 aromatic carbocycles. The van der Waals surface area contributed by atoms with Gasteiger partial charge in [0.1, 0.15) is 0 Å². The molecule has 3 atom stereocenters. The lowest BCUT2D eigenvalue weighted by molar-refractivity contribution is -0.0343. The van der Waals surface area contributed by atoms with Crippen LogP contribution >= 0.6 is 0 Å². The molecule has 2 fully saturated rings. The average Bonchev–Trinajstić information content (AvgIpc) is 2.49. The third-order valence-electron chi connectivity index (χ3n) is 5.55. The molecule has 1 saturated carbocycles. The molecule has 3 nitrogen and oxygen atoms in total. The van der Waals surface area contributed by atoms with Crippen molar-refractivity contribution >= 4 is 0 Å². The van der Waals surface area contributed by atoms with Gasteiger partial charge in [0.15, 0.2) is 0 Å². The maximum Gasteiger partial charge on any atom is 0.0546 e. The SMILES string of the molecule is CCCNCC1(CN(C)C2CCCCC2C)CCCOC1. The maximum atomic E-state index is 5.86. The van der Waals surface area contributed by atoms with Gasteiger partial charge in [-0.05, 0) is 51.6 Å². The summed E-state index contributed by atoms with van der Waals surface area (Å²) in [4.78, 5) is 2.66. The molecule has 0 aromatic heterocycles. The van der Waals surface area contributed by atoms with E-state index in [1.54, 1.807) is 0 Å². The first-order valence-corrected chi connectivity index (χ1v) is 9.15. The summed E-state index contributed by atoms with van der Waals surface area (Å²) in [5.74, 6) is 0.855. The molecule has 3 unspecified atom stereocenters. The van der Waals surface area contributed by atoms with Gasteiger partial charge in [-0.3, -0.25) is 0 Å². The van der Waals surface area contributed by atoms with E-state index in [4.69, 9.17) is 4.74 Å². The molecular formula is C18H36N2O. The molecule has 1 saturated heterocycles. The molecule has 2 rings (SSSR count). The van der Waals surface area contributed by atoms with Gasteiger partial charge in [0, 0.05) is 31.2 Å². The zero-order chi connectivity index (χ0) is 15.1. The zero-order valence-electron chi connectivity index (χ0n) is 14.5. The molecular weight excluding hydrogens is 260 g/mol. The molecule has 1 aliphatic carbocycles. The first kappa shape index (κ1) is 17.2. The molecule has 3 heteroatoms. The Hall–Kier alpha value is -0.120. The number of hydrogen-bond acceptors (Lipinski definition) is 3. The summed E-state index contributed by atoms with van der Waals surface area (Å²) < 4.78 is 5.86. The predicted octanol–water partition coefficient (Wildman–Crippen LogP) is 3.29. The number of nitrogens with one attached hydrogen (secondary N) is 1. The Bertz CT molecular complexity index is 289. The van der Waals surface area contributed by atoms with E-state index in [1.165, 1.54) is 51.5 Å². The van der Waals surface area contributed by atoms with Gasteiger partial charge < -0.3 is 15.0 Å². The highest BCUT2D eigenvalue weighted by Crippen LogP contribution is 2.33. The van der Waals surface area contributed by atoms with Crippen molar-refractivity contribution in [3.05, 3.63) is 0 Å². The molecule has 0 radical (unpaired) electrons. The van der Waals surface area contributed by atoms with Gasteiger partial charge in [-0.2, -0.15) is 0 Å². The Morgan fingerprint density at radius 2 is 2.05 bits per heavy atom. The van der Waals surface area contributed by atoms with Crippen molar-refractivity contribution < 1.29 is 4.74 Å². The van der Waals surface area contributed by atoms with Gasteiger partial charge in [0.25, 0.3) is 0 Å². The van der Waals surface area contributed by atoms with E-state index >= 15 is 0 Å². The summed E-state index contributed by atoms with van der Waals surface area (Å²) in [6, 6.07) is 0.781. The summed E-state index contributed by atoms with van der Waals surface area (Å²) in [6.07, 6.45) is 9.39. The second kappa shape index (κ2) is 8.50. The van der Waals surface area contributed by atoms with Gasteiger partial charge in [-0.1, -0.05) is 26.7 Å². The van der Waals surface area contributed by atoms with Gasteiger partial charge in [0.2, 0.25) is 0 Å². The highest BCUT2D eigenvalue weighted by molar-refractivity contribution is 4.90. The van der Waals surface area contributed by atoms with E-state index in [9.17, 15) is 0 Å².